The molecule has 0 saturated heterocycles. The first-order valence-corrected chi connectivity index (χ1v) is 12.1. The lowest BCUT2D eigenvalue weighted by molar-refractivity contribution is 0.0956. The number of para-hydroxylation sites is 1. The molecule has 11 heteroatoms. The van der Waals surface area contributed by atoms with Gasteiger partial charge in [-0.15, -0.1) is 5.11 Å². The Morgan fingerprint density at radius 2 is 1.91 bits per heavy atom. The molecule has 0 radical (unpaired) electrons. The third-order valence-electron chi connectivity index (χ3n) is 4.71. The number of nitrogens with zero attached hydrogens (tertiary/aromatic N) is 6. The second kappa shape index (κ2) is 9.65. The average Bonchev–Trinajstić information content (AvgIpc) is 3.24. The van der Waals surface area contributed by atoms with E-state index in [1.54, 1.807) is 29.1 Å². The van der Waals surface area contributed by atoms with Crippen LogP contribution in [0.2, 0.25) is 0 Å². The number of azo groups is 1. The van der Waals surface area contributed by atoms with Crippen molar-refractivity contribution in [1.29, 1.82) is 0 Å². The number of hydrogen-bond acceptors (Lipinski definition) is 8. The number of benzene rings is 2. The Morgan fingerprint density at radius 3 is 2.70 bits per heavy atom. The Morgan fingerprint density at radius 1 is 1.09 bits per heavy atom. The van der Waals surface area contributed by atoms with Gasteiger partial charge in [0.05, 0.1) is 29.6 Å². The van der Waals surface area contributed by atoms with Crippen LogP contribution in [0.15, 0.2) is 77.3 Å². The molecule has 1 amide bonds. The van der Waals surface area contributed by atoms with Gasteiger partial charge in [0.1, 0.15) is 16.2 Å². The first-order chi connectivity index (χ1) is 15.9. The second-order valence-corrected chi connectivity index (χ2v) is 9.57. The zero-order valence-corrected chi connectivity index (χ0v) is 18.6. The zero-order chi connectivity index (χ0) is 23.3. The molecule has 10 nitrogen and oxygen atoms in total. The maximum Gasteiger partial charge on any atom is 0.251 e. The Bertz CT molecular complexity index is 1420. The third-order valence-corrected chi connectivity index (χ3v) is 5.66. The minimum Gasteiger partial charge on any atom is -0.351 e. The van der Waals surface area contributed by atoms with E-state index in [4.69, 9.17) is 0 Å². The summed E-state index contributed by atoms with van der Waals surface area (Å²) < 4.78 is 24.1. The van der Waals surface area contributed by atoms with Gasteiger partial charge in [0.2, 0.25) is 0 Å². The van der Waals surface area contributed by atoms with Gasteiger partial charge in [0.25, 0.3) is 5.91 Å². The molecule has 33 heavy (non-hydrogen) atoms. The van der Waals surface area contributed by atoms with Gasteiger partial charge in [-0.3, -0.25) is 4.79 Å². The first-order valence-electron chi connectivity index (χ1n) is 10.1. The van der Waals surface area contributed by atoms with Crippen LogP contribution in [-0.4, -0.2) is 52.6 Å². The summed E-state index contributed by atoms with van der Waals surface area (Å²) in [5.74, 6) is -0.0545. The van der Waals surface area contributed by atoms with Crippen molar-refractivity contribution in [2.45, 2.75) is 6.54 Å². The number of nitrogens with one attached hydrogen (secondary N) is 1. The summed E-state index contributed by atoms with van der Waals surface area (Å²) in [4.78, 5) is 20.8. The number of rotatable bonds is 8. The minimum atomic E-state index is -3.14. The van der Waals surface area contributed by atoms with E-state index in [2.05, 4.69) is 30.6 Å². The van der Waals surface area contributed by atoms with E-state index in [9.17, 15) is 13.2 Å². The quantitative estimate of drug-likeness (QED) is 0.400. The van der Waals surface area contributed by atoms with E-state index in [0.29, 0.717) is 22.4 Å². The fourth-order valence-corrected chi connectivity index (χ4v) is 3.59. The Balaban J connectivity index is 1.46. The summed E-state index contributed by atoms with van der Waals surface area (Å²) in [5, 5.41) is 16.1. The molecule has 0 aliphatic carbocycles. The number of amides is 1. The molecule has 0 bridgehead atoms. The lowest BCUT2D eigenvalue weighted by Crippen LogP contribution is -2.28. The molecular weight excluding hydrogens is 442 g/mol. The second-order valence-electron chi connectivity index (χ2n) is 7.31. The molecule has 2 aromatic carbocycles. The summed E-state index contributed by atoms with van der Waals surface area (Å²) in [6.45, 7) is 0.296. The number of fused-ring (bicyclic) bond motifs is 1. The molecule has 0 aliphatic heterocycles. The summed E-state index contributed by atoms with van der Waals surface area (Å²) in [7, 11) is -3.14. The summed E-state index contributed by atoms with van der Waals surface area (Å²) in [6, 6.07) is 16.5. The number of carbonyl (C=O) groups excluding carboxylic acids is 1. The van der Waals surface area contributed by atoms with E-state index in [0.717, 1.165) is 17.5 Å². The molecule has 2 heterocycles. The summed E-state index contributed by atoms with van der Waals surface area (Å²) in [6.07, 6.45) is 4.19. The Hall–Kier alpha value is -3.99. The molecule has 2 aromatic heterocycles. The molecule has 4 aromatic rings. The number of aromatic nitrogens is 4. The zero-order valence-electron chi connectivity index (χ0n) is 17.8. The summed E-state index contributed by atoms with van der Waals surface area (Å²) >= 11 is 0. The van der Waals surface area contributed by atoms with Crippen LogP contribution < -0.4 is 5.32 Å². The molecular formula is C22H21N7O3S. The van der Waals surface area contributed by atoms with Crippen molar-refractivity contribution < 1.29 is 13.2 Å². The molecule has 0 atom stereocenters. The van der Waals surface area contributed by atoms with Crippen molar-refractivity contribution in [3.8, 4) is 5.69 Å². The van der Waals surface area contributed by atoms with Gasteiger partial charge in [0, 0.05) is 18.4 Å². The SMILES string of the molecule is CS(=O)(=O)CCNC(=O)c1cccc(CN=Nc2ncnc3c2cnn3-c2ccccc2)c1. The van der Waals surface area contributed by atoms with Crippen LogP contribution in [0.5, 0.6) is 0 Å². The predicted octanol–water partition coefficient (Wildman–Crippen LogP) is 2.87. The van der Waals surface area contributed by atoms with E-state index in [1.165, 1.54) is 6.33 Å². The lowest BCUT2D eigenvalue weighted by atomic mass is 10.1. The molecule has 0 aliphatic rings. The van der Waals surface area contributed by atoms with E-state index in [-0.39, 0.29) is 24.7 Å². The third kappa shape index (κ3) is 5.63. The molecule has 0 unspecified atom stereocenters. The highest BCUT2D eigenvalue weighted by atomic mass is 32.2. The first kappa shape index (κ1) is 22.2. The van der Waals surface area contributed by atoms with Crippen molar-refractivity contribution in [3.63, 3.8) is 0 Å². The van der Waals surface area contributed by atoms with Crippen molar-refractivity contribution in [3.05, 3.63) is 78.2 Å². The van der Waals surface area contributed by atoms with Gasteiger partial charge in [-0.25, -0.2) is 23.1 Å². The maximum atomic E-state index is 12.3. The van der Waals surface area contributed by atoms with Crippen LogP contribution in [-0.2, 0) is 16.4 Å². The summed E-state index contributed by atoms with van der Waals surface area (Å²) in [5.41, 5.74) is 2.70. The molecule has 0 fully saturated rings. The van der Waals surface area contributed by atoms with Gasteiger partial charge >= 0.3 is 0 Å². The van der Waals surface area contributed by atoms with Crippen LogP contribution in [0, 0.1) is 0 Å². The Kier molecular flexibility index (Phi) is 6.50. The highest BCUT2D eigenvalue weighted by Gasteiger charge is 2.11. The van der Waals surface area contributed by atoms with Gasteiger partial charge in [-0.05, 0) is 29.8 Å². The van der Waals surface area contributed by atoms with Crippen molar-refractivity contribution in [1.82, 2.24) is 25.1 Å². The van der Waals surface area contributed by atoms with Crippen LogP contribution in [0.3, 0.4) is 0 Å². The minimum absolute atomic E-state index is 0.0575. The smallest absolute Gasteiger partial charge is 0.251 e. The standard InChI is InChI=1S/C22H21N7O3S/c1-33(31,32)11-10-23-22(30)17-7-5-6-16(12-17)13-26-28-20-19-14-27-29(21(19)25-15-24-20)18-8-3-2-4-9-18/h2-9,12,14-15H,10-11,13H2,1H3,(H,23,30). The van der Waals surface area contributed by atoms with Gasteiger partial charge in [-0.1, -0.05) is 30.3 Å². The number of sulfone groups is 1. The van der Waals surface area contributed by atoms with Gasteiger partial charge in [-0.2, -0.15) is 10.2 Å². The lowest BCUT2D eigenvalue weighted by Gasteiger charge is -2.05. The molecule has 0 saturated carbocycles. The van der Waals surface area contributed by atoms with Crippen molar-refractivity contribution in [2.24, 2.45) is 10.2 Å². The van der Waals surface area contributed by atoms with Crippen LogP contribution in [0.4, 0.5) is 5.82 Å². The van der Waals surface area contributed by atoms with E-state index in [1.807, 2.05) is 36.4 Å². The number of hydrogen-bond donors (Lipinski definition) is 1. The van der Waals surface area contributed by atoms with E-state index < -0.39 is 9.84 Å². The monoisotopic (exact) mass is 463 g/mol. The predicted molar refractivity (Wildman–Crippen MR) is 123 cm³/mol. The highest BCUT2D eigenvalue weighted by molar-refractivity contribution is 7.90. The van der Waals surface area contributed by atoms with Crippen LogP contribution >= 0.6 is 0 Å². The highest BCUT2D eigenvalue weighted by Crippen LogP contribution is 2.24. The van der Waals surface area contributed by atoms with Crippen LogP contribution in [0.25, 0.3) is 16.7 Å². The normalized spacial score (nSPS) is 11.8. The van der Waals surface area contributed by atoms with E-state index >= 15 is 0 Å². The molecule has 4 rings (SSSR count). The molecule has 0 spiro atoms. The fraction of sp³-hybridized carbons (Fsp3) is 0.182. The topological polar surface area (TPSA) is 132 Å². The van der Waals surface area contributed by atoms with Crippen molar-refractivity contribution in [2.75, 3.05) is 18.6 Å². The maximum absolute atomic E-state index is 12.3. The Labute approximate surface area is 190 Å². The van der Waals surface area contributed by atoms with Crippen molar-refractivity contribution >= 4 is 32.6 Å². The average molecular weight is 464 g/mol. The van der Waals surface area contributed by atoms with Crippen LogP contribution in [0.1, 0.15) is 15.9 Å². The number of carbonyl (C=O) groups is 1. The molecule has 1 N–H and O–H groups in total. The molecule has 168 valence electrons. The fourth-order valence-electron chi connectivity index (χ4n) is 3.12. The largest absolute Gasteiger partial charge is 0.351 e. The van der Waals surface area contributed by atoms with Gasteiger partial charge in [0.15, 0.2) is 11.5 Å². The van der Waals surface area contributed by atoms with Gasteiger partial charge < -0.3 is 5.32 Å².